The van der Waals surface area contributed by atoms with Crippen LogP contribution in [0.15, 0.2) is 22.7 Å². The Balaban J connectivity index is 2.62. The molecule has 1 unspecified atom stereocenters. The van der Waals surface area contributed by atoms with Gasteiger partial charge in [-0.3, -0.25) is 9.00 Å². The molecule has 0 aliphatic heterocycles. The van der Waals surface area contributed by atoms with Gasteiger partial charge in [0.15, 0.2) is 0 Å². The van der Waals surface area contributed by atoms with Gasteiger partial charge in [0, 0.05) is 45.1 Å². The fourth-order valence-corrected chi connectivity index (χ4v) is 2.05. The van der Waals surface area contributed by atoms with E-state index in [1.54, 1.807) is 24.5 Å². The number of benzene rings is 1. The van der Waals surface area contributed by atoms with Crippen LogP contribution in [0.25, 0.3) is 0 Å². The molecule has 16 heavy (non-hydrogen) atoms. The second-order valence-electron chi connectivity index (χ2n) is 3.31. The lowest BCUT2D eigenvalue weighted by molar-refractivity contribution is 0.0956. The Labute approximate surface area is 105 Å². The fourth-order valence-electron chi connectivity index (χ4n) is 1.15. The van der Waals surface area contributed by atoms with E-state index in [0.717, 1.165) is 4.47 Å². The number of hydrogen-bond donors (Lipinski definition) is 2. The Morgan fingerprint density at radius 1 is 1.50 bits per heavy atom. The van der Waals surface area contributed by atoms with Gasteiger partial charge in [-0.1, -0.05) is 15.9 Å². The fraction of sp³-hybridized carbons (Fsp3) is 0.300. The molecule has 1 rings (SSSR count). The van der Waals surface area contributed by atoms with Gasteiger partial charge in [-0.05, 0) is 18.2 Å². The third-order valence-corrected chi connectivity index (χ3v) is 3.09. The molecule has 1 amide bonds. The van der Waals surface area contributed by atoms with Crippen molar-refractivity contribution < 1.29 is 9.00 Å². The number of nitrogen functional groups attached to an aromatic ring is 1. The number of halogens is 1. The minimum absolute atomic E-state index is 0.210. The summed E-state index contributed by atoms with van der Waals surface area (Å²) in [5.74, 6) is 0.244. The molecule has 3 N–H and O–H groups in total. The molecule has 6 heteroatoms. The Bertz CT molecular complexity index is 403. The molecule has 0 aliphatic rings. The first kappa shape index (κ1) is 13.2. The molecule has 0 radical (unpaired) electrons. The van der Waals surface area contributed by atoms with Crippen LogP contribution in [0, 0.1) is 0 Å². The van der Waals surface area contributed by atoms with Crippen molar-refractivity contribution in [3.8, 4) is 0 Å². The zero-order chi connectivity index (χ0) is 12.1. The lowest BCUT2D eigenvalue weighted by atomic mass is 10.2. The Kier molecular flexibility index (Phi) is 4.95. The van der Waals surface area contributed by atoms with Gasteiger partial charge in [-0.25, -0.2) is 0 Å². The average Bonchev–Trinajstić information content (AvgIpc) is 2.15. The molecule has 0 heterocycles. The molecular formula is C10H13BrN2O2S. The number of anilines is 1. The molecular weight excluding hydrogens is 292 g/mol. The van der Waals surface area contributed by atoms with Crippen molar-refractivity contribution in [2.75, 3.05) is 24.3 Å². The van der Waals surface area contributed by atoms with Crippen molar-refractivity contribution in [2.24, 2.45) is 0 Å². The monoisotopic (exact) mass is 304 g/mol. The summed E-state index contributed by atoms with van der Waals surface area (Å²) in [7, 11) is -0.896. The van der Waals surface area contributed by atoms with Crippen molar-refractivity contribution in [2.45, 2.75) is 0 Å². The predicted molar refractivity (Wildman–Crippen MR) is 69.8 cm³/mol. The van der Waals surface area contributed by atoms with Crippen LogP contribution in [-0.2, 0) is 10.8 Å². The predicted octanol–water partition coefficient (Wildman–Crippen LogP) is 1.14. The molecule has 0 saturated carbocycles. The van der Waals surface area contributed by atoms with Crippen LogP contribution in [-0.4, -0.2) is 28.7 Å². The molecule has 1 aromatic rings. The molecule has 0 bridgehead atoms. The summed E-state index contributed by atoms with van der Waals surface area (Å²) in [5, 5.41) is 2.68. The Morgan fingerprint density at radius 2 is 2.19 bits per heavy atom. The summed E-state index contributed by atoms with van der Waals surface area (Å²) in [6, 6.07) is 5.01. The highest BCUT2D eigenvalue weighted by Gasteiger charge is 2.06. The average molecular weight is 305 g/mol. The van der Waals surface area contributed by atoms with Gasteiger partial charge in [0.25, 0.3) is 5.91 Å². The molecule has 1 atom stereocenters. The van der Waals surface area contributed by atoms with Crippen molar-refractivity contribution in [1.82, 2.24) is 5.32 Å². The first-order valence-electron chi connectivity index (χ1n) is 4.63. The van der Waals surface area contributed by atoms with E-state index in [9.17, 15) is 9.00 Å². The minimum atomic E-state index is -0.896. The molecule has 0 aromatic heterocycles. The van der Waals surface area contributed by atoms with E-state index < -0.39 is 10.8 Å². The van der Waals surface area contributed by atoms with Crippen molar-refractivity contribution in [3.63, 3.8) is 0 Å². The number of carbonyl (C=O) groups is 1. The van der Waals surface area contributed by atoms with E-state index in [2.05, 4.69) is 21.2 Å². The van der Waals surface area contributed by atoms with Gasteiger partial charge in [0.2, 0.25) is 0 Å². The number of carbonyl (C=O) groups excluding carboxylic acids is 1. The lowest BCUT2D eigenvalue weighted by Crippen LogP contribution is -2.27. The van der Waals surface area contributed by atoms with Gasteiger partial charge >= 0.3 is 0 Å². The molecule has 0 fully saturated rings. The third-order valence-electron chi connectivity index (χ3n) is 1.86. The highest BCUT2D eigenvalue weighted by Crippen LogP contribution is 2.17. The molecule has 0 saturated heterocycles. The van der Waals surface area contributed by atoms with Crippen molar-refractivity contribution in [3.05, 3.63) is 28.2 Å². The standard InChI is InChI=1S/C10H13BrN2O2S/c1-16(15)3-2-13-10(14)7-4-8(11)6-9(12)5-7/h4-6H,2-3,12H2,1H3,(H,13,14). The summed E-state index contributed by atoms with van der Waals surface area (Å²) >= 11 is 3.26. The Hall–Kier alpha value is -0.880. The van der Waals surface area contributed by atoms with Gasteiger partial charge < -0.3 is 11.1 Å². The van der Waals surface area contributed by atoms with E-state index in [0.29, 0.717) is 23.5 Å². The van der Waals surface area contributed by atoms with Crippen LogP contribution < -0.4 is 11.1 Å². The van der Waals surface area contributed by atoms with Gasteiger partial charge in [-0.2, -0.15) is 0 Å². The van der Waals surface area contributed by atoms with Crippen LogP contribution >= 0.6 is 15.9 Å². The summed E-state index contributed by atoms with van der Waals surface area (Å²) in [4.78, 5) is 11.6. The highest BCUT2D eigenvalue weighted by molar-refractivity contribution is 9.10. The maximum atomic E-state index is 11.6. The summed E-state index contributed by atoms with van der Waals surface area (Å²) in [5.41, 5.74) is 6.64. The Morgan fingerprint density at radius 3 is 2.75 bits per heavy atom. The second-order valence-corrected chi connectivity index (χ2v) is 5.78. The topological polar surface area (TPSA) is 72.2 Å². The summed E-state index contributed by atoms with van der Waals surface area (Å²) in [6.45, 7) is 0.397. The summed E-state index contributed by atoms with van der Waals surface area (Å²) in [6.07, 6.45) is 1.60. The molecule has 88 valence electrons. The first-order valence-corrected chi connectivity index (χ1v) is 7.15. The van der Waals surface area contributed by atoms with Gasteiger partial charge in [0.1, 0.15) is 0 Å². The number of rotatable bonds is 4. The van der Waals surface area contributed by atoms with Crippen molar-refractivity contribution >= 4 is 38.3 Å². The van der Waals surface area contributed by atoms with Crippen molar-refractivity contribution in [1.29, 1.82) is 0 Å². The maximum Gasteiger partial charge on any atom is 0.251 e. The smallest absolute Gasteiger partial charge is 0.251 e. The largest absolute Gasteiger partial charge is 0.399 e. The quantitative estimate of drug-likeness (QED) is 0.819. The normalized spacial score (nSPS) is 12.1. The lowest BCUT2D eigenvalue weighted by Gasteiger charge is -2.05. The van der Waals surface area contributed by atoms with E-state index in [-0.39, 0.29) is 5.91 Å². The van der Waals surface area contributed by atoms with E-state index in [1.807, 2.05) is 0 Å². The van der Waals surface area contributed by atoms with Gasteiger partial charge in [-0.15, -0.1) is 0 Å². The summed E-state index contributed by atoms with van der Waals surface area (Å²) < 4.78 is 11.6. The highest BCUT2D eigenvalue weighted by atomic mass is 79.9. The van der Waals surface area contributed by atoms with Crippen LogP contribution in [0.2, 0.25) is 0 Å². The SMILES string of the molecule is CS(=O)CCNC(=O)c1cc(N)cc(Br)c1. The minimum Gasteiger partial charge on any atom is -0.399 e. The van der Waals surface area contributed by atoms with Crippen LogP contribution in [0.1, 0.15) is 10.4 Å². The van der Waals surface area contributed by atoms with E-state index in [4.69, 9.17) is 5.73 Å². The van der Waals surface area contributed by atoms with Gasteiger partial charge in [0.05, 0.1) is 0 Å². The third kappa shape index (κ3) is 4.32. The maximum absolute atomic E-state index is 11.6. The molecule has 4 nitrogen and oxygen atoms in total. The van der Waals surface area contributed by atoms with Crippen LogP contribution in [0.5, 0.6) is 0 Å². The van der Waals surface area contributed by atoms with Crippen LogP contribution in [0.3, 0.4) is 0 Å². The molecule has 0 aliphatic carbocycles. The number of amides is 1. The first-order chi connectivity index (χ1) is 7.49. The number of hydrogen-bond acceptors (Lipinski definition) is 3. The number of nitrogens with two attached hydrogens (primary N) is 1. The zero-order valence-electron chi connectivity index (χ0n) is 8.83. The van der Waals surface area contributed by atoms with E-state index in [1.165, 1.54) is 0 Å². The molecule has 1 aromatic carbocycles. The second kappa shape index (κ2) is 6.00. The number of nitrogens with one attached hydrogen (secondary N) is 1. The van der Waals surface area contributed by atoms with E-state index >= 15 is 0 Å². The van der Waals surface area contributed by atoms with Crippen LogP contribution in [0.4, 0.5) is 5.69 Å². The molecule has 0 spiro atoms. The zero-order valence-corrected chi connectivity index (χ0v) is 11.2.